The molecular weight excluding hydrogens is 302 g/mol. The second kappa shape index (κ2) is 8.47. The molecule has 0 heterocycles. The fourth-order valence-electron chi connectivity index (χ4n) is 1.84. The van der Waals surface area contributed by atoms with E-state index in [1.165, 1.54) is 14.2 Å². The summed E-state index contributed by atoms with van der Waals surface area (Å²) in [5.41, 5.74) is 0.331. The predicted octanol–water partition coefficient (Wildman–Crippen LogP) is 0.505. The van der Waals surface area contributed by atoms with Gasteiger partial charge in [0.1, 0.15) is 11.3 Å². The van der Waals surface area contributed by atoms with Crippen molar-refractivity contribution in [2.75, 3.05) is 14.2 Å². The van der Waals surface area contributed by atoms with Crippen molar-refractivity contribution in [2.24, 2.45) is 0 Å². The van der Waals surface area contributed by atoms with Crippen molar-refractivity contribution in [3.63, 3.8) is 0 Å². The Kier molecular flexibility index (Phi) is 7.29. The average Bonchev–Trinajstić information content (AvgIpc) is 2.47. The Balaban J connectivity index is 0.00000220. The number of halogens is 1. The maximum atomic E-state index is 12.5. The van der Waals surface area contributed by atoms with Crippen LogP contribution in [-0.4, -0.2) is 19.7 Å². The average molecular weight is 316 g/mol. The van der Waals surface area contributed by atoms with Gasteiger partial charge in [0.2, 0.25) is 0 Å². The van der Waals surface area contributed by atoms with E-state index in [2.05, 4.69) is 0 Å². The Labute approximate surface area is 142 Å². The molecule has 21 heavy (non-hydrogen) atoms. The largest absolute Gasteiger partial charge is 1.00 e. The molecule has 0 aliphatic rings. The number of ether oxygens (including phenoxy) is 2. The second-order valence-electron chi connectivity index (χ2n) is 3.98. The number of carbonyl (C=O) groups is 1. The van der Waals surface area contributed by atoms with Crippen LogP contribution in [0.4, 0.5) is 0 Å². The molecule has 0 aliphatic carbocycles. The maximum Gasteiger partial charge on any atom is 1.00 e. The molecule has 0 saturated heterocycles. The zero-order valence-electron chi connectivity index (χ0n) is 12.1. The summed E-state index contributed by atoms with van der Waals surface area (Å²) < 4.78 is 10.5. The van der Waals surface area contributed by atoms with E-state index in [1.807, 2.05) is 30.3 Å². The summed E-state index contributed by atoms with van der Waals surface area (Å²) in [4.78, 5) is 12.5. The minimum Gasteiger partial charge on any atom is -0.496 e. The molecule has 0 aliphatic heterocycles. The molecule has 0 aromatic heterocycles. The van der Waals surface area contributed by atoms with Gasteiger partial charge >= 0.3 is 18.9 Å². The van der Waals surface area contributed by atoms with E-state index in [-0.39, 0.29) is 33.0 Å². The molecule has 1 unspecified atom stereocenters. The molecule has 2 rings (SSSR count). The molecule has 1 atom stereocenters. The molecule has 0 bridgehead atoms. The van der Waals surface area contributed by atoms with Gasteiger partial charge in [-0.2, -0.15) is 0 Å². The van der Waals surface area contributed by atoms with E-state index < -0.39 is 0 Å². The third-order valence-corrected chi connectivity index (χ3v) is 4.15. The van der Waals surface area contributed by atoms with Crippen molar-refractivity contribution in [3.8, 4) is 11.5 Å². The van der Waals surface area contributed by atoms with Gasteiger partial charge in [-0.1, -0.05) is 41.9 Å². The van der Waals surface area contributed by atoms with Crippen LogP contribution in [0.2, 0.25) is 5.02 Å². The van der Waals surface area contributed by atoms with E-state index >= 15 is 0 Å². The summed E-state index contributed by atoms with van der Waals surface area (Å²) in [5.74, 6) is 0.833. The predicted molar refractivity (Wildman–Crippen MR) is 83.3 cm³/mol. The van der Waals surface area contributed by atoms with Crippen LogP contribution in [0.1, 0.15) is 10.4 Å². The van der Waals surface area contributed by atoms with Crippen molar-refractivity contribution in [1.29, 1.82) is 0 Å². The van der Waals surface area contributed by atoms with Crippen LogP contribution < -0.4 is 33.6 Å². The topological polar surface area (TPSA) is 35.5 Å². The Hall–Kier alpha value is -0.973. The molecule has 0 spiro atoms. The molecule has 0 amide bonds. The summed E-state index contributed by atoms with van der Waals surface area (Å²) in [6, 6.07) is 12.9. The normalized spacial score (nSPS) is 10.2. The van der Waals surface area contributed by atoms with Gasteiger partial charge in [0.25, 0.3) is 0 Å². The number of benzene rings is 2. The number of methoxy groups -OCH3 is 2. The minimum atomic E-state index is -0.0626. The van der Waals surface area contributed by atoms with E-state index in [1.54, 1.807) is 12.1 Å². The zero-order chi connectivity index (χ0) is 14.5. The number of hydrogen-bond donors (Lipinski definition) is 0. The SMILES string of the molecule is COc1ccc(Cl)c(OC)c1C(=O)Pc1ccccc1.[Li+]. The van der Waals surface area contributed by atoms with Gasteiger partial charge in [-0.05, 0) is 26.0 Å². The standard InChI is InChI=1S/C15H14ClO3P.Li/c1-18-12-9-8-11(16)14(19-2)13(12)15(17)20-10-6-4-3-5-7-10;/h3-9,20H,1-2H3;/q;+1. The van der Waals surface area contributed by atoms with Crippen LogP contribution >= 0.6 is 20.2 Å². The molecule has 3 nitrogen and oxygen atoms in total. The Morgan fingerprint density at radius 1 is 1.05 bits per heavy atom. The first-order chi connectivity index (χ1) is 9.67. The van der Waals surface area contributed by atoms with Crippen molar-refractivity contribution >= 4 is 31.0 Å². The van der Waals surface area contributed by atoms with Crippen LogP contribution in [0.25, 0.3) is 0 Å². The third kappa shape index (κ3) is 4.25. The van der Waals surface area contributed by atoms with Gasteiger partial charge < -0.3 is 9.47 Å². The summed E-state index contributed by atoms with van der Waals surface area (Å²) in [6.45, 7) is 0. The Morgan fingerprint density at radius 2 is 1.71 bits per heavy atom. The van der Waals surface area contributed by atoms with Crippen molar-refractivity contribution < 1.29 is 33.1 Å². The number of rotatable bonds is 5. The fourth-order valence-corrected chi connectivity index (χ4v) is 3.06. The van der Waals surface area contributed by atoms with Crippen LogP contribution in [-0.2, 0) is 0 Å². The molecule has 6 heteroatoms. The Bertz CT molecular complexity index is 620. The number of carbonyl (C=O) groups excluding carboxylic acids is 1. The molecule has 2 aromatic rings. The quantitative estimate of drug-likeness (QED) is 0.596. The van der Waals surface area contributed by atoms with Gasteiger partial charge in [0.05, 0.1) is 19.2 Å². The molecule has 0 saturated carbocycles. The van der Waals surface area contributed by atoms with E-state index in [4.69, 9.17) is 21.1 Å². The summed E-state index contributed by atoms with van der Waals surface area (Å²) in [5, 5.41) is 1.36. The first-order valence-electron chi connectivity index (χ1n) is 5.94. The van der Waals surface area contributed by atoms with Gasteiger partial charge in [0, 0.05) is 0 Å². The maximum absolute atomic E-state index is 12.5. The fraction of sp³-hybridized carbons (Fsp3) is 0.133. The molecule has 104 valence electrons. The zero-order valence-corrected chi connectivity index (χ0v) is 13.9. The summed E-state index contributed by atoms with van der Waals surface area (Å²) in [6.07, 6.45) is 0. The molecule has 2 aromatic carbocycles. The summed E-state index contributed by atoms with van der Waals surface area (Å²) in [7, 11) is 3.00. The molecule has 0 N–H and O–H groups in total. The third-order valence-electron chi connectivity index (χ3n) is 2.75. The van der Waals surface area contributed by atoms with Crippen molar-refractivity contribution in [3.05, 3.63) is 53.1 Å². The summed E-state index contributed by atoms with van der Waals surface area (Å²) >= 11 is 6.08. The first-order valence-corrected chi connectivity index (χ1v) is 7.32. The molecule has 0 radical (unpaired) electrons. The van der Waals surface area contributed by atoms with Gasteiger partial charge in [-0.15, -0.1) is 0 Å². The minimum absolute atomic E-state index is 0. The smallest absolute Gasteiger partial charge is 0.496 e. The monoisotopic (exact) mass is 315 g/mol. The van der Waals surface area contributed by atoms with Crippen molar-refractivity contribution in [1.82, 2.24) is 0 Å². The van der Waals surface area contributed by atoms with E-state index in [0.717, 1.165) is 5.30 Å². The van der Waals surface area contributed by atoms with Crippen LogP contribution in [0, 0.1) is 0 Å². The van der Waals surface area contributed by atoms with E-state index in [9.17, 15) is 4.79 Å². The second-order valence-corrected chi connectivity index (χ2v) is 5.67. The first kappa shape index (κ1) is 18.1. The van der Waals surface area contributed by atoms with Crippen LogP contribution in [0.5, 0.6) is 11.5 Å². The molecular formula is C15H14ClLiO3P+. The van der Waals surface area contributed by atoms with E-state index in [0.29, 0.717) is 22.1 Å². The number of hydrogen-bond acceptors (Lipinski definition) is 3. The van der Waals surface area contributed by atoms with Crippen LogP contribution in [0.3, 0.4) is 0 Å². The van der Waals surface area contributed by atoms with Crippen molar-refractivity contribution in [2.45, 2.75) is 0 Å². The Morgan fingerprint density at radius 3 is 2.29 bits per heavy atom. The van der Waals surface area contributed by atoms with Gasteiger partial charge in [-0.25, -0.2) is 0 Å². The molecule has 0 fully saturated rings. The van der Waals surface area contributed by atoms with Crippen LogP contribution in [0.15, 0.2) is 42.5 Å². The van der Waals surface area contributed by atoms with Gasteiger partial charge in [0.15, 0.2) is 11.3 Å². The van der Waals surface area contributed by atoms with Gasteiger partial charge in [-0.3, -0.25) is 4.79 Å².